The van der Waals surface area contributed by atoms with Crippen LogP contribution in [0.1, 0.15) is 11.6 Å². The van der Waals surface area contributed by atoms with Gasteiger partial charge in [-0.3, -0.25) is 4.79 Å². The average Bonchev–Trinajstić information content (AvgIpc) is 2.04. The van der Waals surface area contributed by atoms with E-state index in [-0.39, 0.29) is 17.0 Å². The normalized spacial score (nSPS) is 11.5. The Morgan fingerprint density at radius 2 is 1.77 bits per heavy atom. The van der Waals surface area contributed by atoms with Crippen LogP contribution in [-0.4, -0.2) is 5.91 Å². The Balaban J connectivity index is 0.00000144. The first-order valence-corrected chi connectivity index (χ1v) is 4.21. The van der Waals surface area contributed by atoms with Crippen molar-refractivity contribution in [2.24, 2.45) is 11.5 Å². The summed E-state index contributed by atoms with van der Waals surface area (Å²) in [7, 11) is 0. The summed E-state index contributed by atoms with van der Waals surface area (Å²) in [6.07, 6.45) is 0. The second-order valence-corrected chi connectivity index (χ2v) is 3.35. The summed E-state index contributed by atoms with van der Waals surface area (Å²) in [5.41, 5.74) is 11.3. The average molecular weight is 310 g/mol. The SMILES string of the molecule is Br.NC(=O)C(N)c1ccc(Br)cc1. The van der Waals surface area contributed by atoms with Crippen molar-refractivity contribution in [2.45, 2.75) is 6.04 Å². The molecule has 0 aromatic heterocycles. The molecule has 0 saturated heterocycles. The number of primary amides is 1. The number of carbonyl (C=O) groups excluding carboxylic acids is 1. The highest BCUT2D eigenvalue weighted by Crippen LogP contribution is 2.14. The predicted molar refractivity (Wildman–Crippen MR) is 60.6 cm³/mol. The number of carbonyl (C=O) groups is 1. The molecule has 0 bridgehead atoms. The molecule has 1 atom stereocenters. The van der Waals surface area contributed by atoms with E-state index in [4.69, 9.17) is 11.5 Å². The van der Waals surface area contributed by atoms with Crippen molar-refractivity contribution in [1.82, 2.24) is 0 Å². The standard InChI is InChI=1S/C8H9BrN2O.BrH/c9-6-3-1-5(2-4-6)7(10)8(11)12;/h1-4,7H,10H2,(H2,11,12);1H. The van der Waals surface area contributed by atoms with E-state index < -0.39 is 11.9 Å². The molecular formula is C8H10Br2N2O. The number of halogens is 2. The highest BCUT2D eigenvalue weighted by molar-refractivity contribution is 9.10. The maximum atomic E-state index is 10.7. The molecular weight excluding hydrogens is 300 g/mol. The smallest absolute Gasteiger partial charge is 0.238 e. The lowest BCUT2D eigenvalue weighted by molar-refractivity contribution is -0.119. The third kappa shape index (κ3) is 3.46. The zero-order valence-electron chi connectivity index (χ0n) is 6.74. The molecule has 3 nitrogen and oxygen atoms in total. The fraction of sp³-hybridized carbons (Fsp3) is 0.125. The van der Waals surface area contributed by atoms with Crippen LogP contribution >= 0.6 is 32.9 Å². The Kier molecular flexibility index (Phi) is 5.20. The van der Waals surface area contributed by atoms with Crippen molar-refractivity contribution < 1.29 is 4.79 Å². The maximum Gasteiger partial charge on any atom is 0.238 e. The molecule has 0 spiro atoms. The van der Waals surface area contributed by atoms with E-state index in [0.717, 1.165) is 10.0 Å². The molecule has 0 aliphatic heterocycles. The van der Waals surface area contributed by atoms with E-state index in [0.29, 0.717) is 0 Å². The first kappa shape index (κ1) is 12.6. The van der Waals surface area contributed by atoms with Crippen molar-refractivity contribution in [3.8, 4) is 0 Å². The second kappa shape index (κ2) is 5.36. The molecule has 5 heteroatoms. The van der Waals surface area contributed by atoms with Crippen LogP contribution in [0.2, 0.25) is 0 Å². The summed E-state index contributed by atoms with van der Waals surface area (Å²) in [6.45, 7) is 0. The molecule has 1 amide bonds. The number of hydrogen-bond acceptors (Lipinski definition) is 2. The van der Waals surface area contributed by atoms with Crippen molar-refractivity contribution >= 4 is 38.8 Å². The van der Waals surface area contributed by atoms with E-state index >= 15 is 0 Å². The highest BCUT2D eigenvalue weighted by atomic mass is 79.9. The van der Waals surface area contributed by atoms with E-state index in [1.165, 1.54) is 0 Å². The highest BCUT2D eigenvalue weighted by Gasteiger charge is 2.10. The third-order valence-electron chi connectivity index (χ3n) is 1.54. The van der Waals surface area contributed by atoms with E-state index in [1.54, 1.807) is 12.1 Å². The summed E-state index contributed by atoms with van der Waals surface area (Å²) in [6, 6.07) is 6.45. The maximum absolute atomic E-state index is 10.7. The molecule has 4 N–H and O–H groups in total. The van der Waals surface area contributed by atoms with Crippen LogP contribution in [-0.2, 0) is 4.79 Å². The lowest BCUT2D eigenvalue weighted by atomic mass is 10.1. The molecule has 0 heterocycles. The molecule has 0 fully saturated rings. The van der Waals surface area contributed by atoms with Crippen molar-refractivity contribution in [1.29, 1.82) is 0 Å². The Morgan fingerprint density at radius 1 is 1.31 bits per heavy atom. The second-order valence-electron chi connectivity index (χ2n) is 2.43. The van der Waals surface area contributed by atoms with E-state index in [2.05, 4.69) is 15.9 Å². The van der Waals surface area contributed by atoms with Crippen LogP contribution < -0.4 is 11.5 Å². The van der Waals surface area contributed by atoms with Gasteiger partial charge in [0.25, 0.3) is 0 Å². The van der Waals surface area contributed by atoms with Crippen LogP contribution in [0, 0.1) is 0 Å². The molecule has 1 aromatic rings. The van der Waals surface area contributed by atoms with Gasteiger partial charge in [0.2, 0.25) is 5.91 Å². The van der Waals surface area contributed by atoms with Gasteiger partial charge in [-0.1, -0.05) is 28.1 Å². The molecule has 0 saturated carbocycles. The molecule has 0 radical (unpaired) electrons. The van der Waals surface area contributed by atoms with Gasteiger partial charge in [0.1, 0.15) is 6.04 Å². The van der Waals surface area contributed by atoms with Gasteiger partial charge in [0, 0.05) is 4.47 Å². The lowest BCUT2D eigenvalue weighted by Crippen LogP contribution is -2.28. The summed E-state index contributed by atoms with van der Waals surface area (Å²) in [5, 5.41) is 0. The van der Waals surface area contributed by atoms with Gasteiger partial charge < -0.3 is 11.5 Å². The molecule has 72 valence electrons. The van der Waals surface area contributed by atoms with Crippen LogP contribution in [0.15, 0.2) is 28.7 Å². The largest absolute Gasteiger partial charge is 0.368 e. The predicted octanol–water partition coefficient (Wildman–Crippen LogP) is 1.51. The third-order valence-corrected chi connectivity index (χ3v) is 2.06. The van der Waals surface area contributed by atoms with Gasteiger partial charge in [-0.15, -0.1) is 17.0 Å². The van der Waals surface area contributed by atoms with Crippen LogP contribution in [0.25, 0.3) is 0 Å². The molecule has 1 rings (SSSR count). The van der Waals surface area contributed by atoms with E-state index in [1.807, 2.05) is 12.1 Å². The Hall–Kier alpha value is -0.390. The number of hydrogen-bond donors (Lipinski definition) is 2. The zero-order valence-corrected chi connectivity index (χ0v) is 10.0. The minimum absolute atomic E-state index is 0. The van der Waals surface area contributed by atoms with Gasteiger partial charge in [-0.25, -0.2) is 0 Å². The lowest BCUT2D eigenvalue weighted by Gasteiger charge is -2.06. The molecule has 13 heavy (non-hydrogen) atoms. The van der Waals surface area contributed by atoms with Crippen molar-refractivity contribution in [3.63, 3.8) is 0 Å². The number of rotatable bonds is 2. The number of nitrogens with two attached hydrogens (primary N) is 2. The van der Waals surface area contributed by atoms with Crippen molar-refractivity contribution in [2.75, 3.05) is 0 Å². The van der Waals surface area contributed by atoms with Gasteiger partial charge >= 0.3 is 0 Å². The van der Waals surface area contributed by atoms with Crippen LogP contribution in [0.3, 0.4) is 0 Å². The Labute approximate surface area is 95.4 Å². The number of amides is 1. The summed E-state index contributed by atoms with van der Waals surface area (Å²) in [4.78, 5) is 10.7. The summed E-state index contributed by atoms with van der Waals surface area (Å²) < 4.78 is 0.947. The summed E-state index contributed by atoms with van der Waals surface area (Å²) in [5.74, 6) is -0.516. The monoisotopic (exact) mass is 308 g/mol. The van der Waals surface area contributed by atoms with Gasteiger partial charge in [0.15, 0.2) is 0 Å². The van der Waals surface area contributed by atoms with Crippen LogP contribution in [0.4, 0.5) is 0 Å². The first-order chi connectivity index (χ1) is 5.61. The zero-order chi connectivity index (χ0) is 9.14. The first-order valence-electron chi connectivity index (χ1n) is 3.41. The Bertz CT molecular complexity index is 287. The fourth-order valence-electron chi connectivity index (χ4n) is 0.834. The van der Waals surface area contributed by atoms with E-state index in [9.17, 15) is 4.79 Å². The minimum atomic E-state index is -0.710. The Morgan fingerprint density at radius 3 is 2.15 bits per heavy atom. The molecule has 0 aliphatic carbocycles. The minimum Gasteiger partial charge on any atom is -0.368 e. The van der Waals surface area contributed by atoms with Gasteiger partial charge in [-0.2, -0.15) is 0 Å². The quantitative estimate of drug-likeness (QED) is 0.869. The van der Waals surface area contributed by atoms with Gasteiger partial charge in [0.05, 0.1) is 0 Å². The molecule has 0 aliphatic rings. The fourth-order valence-corrected chi connectivity index (χ4v) is 1.10. The summed E-state index contributed by atoms with van der Waals surface area (Å²) >= 11 is 3.27. The topological polar surface area (TPSA) is 69.1 Å². The molecule has 1 unspecified atom stereocenters. The number of benzene rings is 1. The van der Waals surface area contributed by atoms with Crippen molar-refractivity contribution in [3.05, 3.63) is 34.3 Å². The van der Waals surface area contributed by atoms with Crippen LogP contribution in [0.5, 0.6) is 0 Å². The van der Waals surface area contributed by atoms with Gasteiger partial charge in [-0.05, 0) is 17.7 Å². The molecule has 1 aromatic carbocycles.